The highest BCUT2D eigenvalue weighted by Gasteiger charge is 2.19. The molecule has 0 atom stereocenters. The Morgan fingerprint density at radius 2 is 1.45 bits per heavy atom. The monoisotopic (exact) mass is 308 g/mol. The SMILES string of the molecule is Oc1ccc2cc(-c3cc(F)c(O)c(F)c3F)ccc2c1F. The Morgan fingerprint density at radius 1 is 0.727 bits per heavy atom. The Labute approximate surface area is 121 Å². The molecule has 0 aliphatic heterocycles. The number of benzene rings is 3. The zero-order chi connectivity index (χ0) is 16.0. The average Bonchev–Trinajstić information content (AvgIpc) is 2.52. The summed E-state index contributed by atoms with van der Waals surface area (Å²) in [4.78, 5) is 0. The number of phenolic OH excluding ortho intramolecular Hbond substituents is 2. The lowest BCUT2D eigenvalue weighted by Crippen LogP contribution is -1.94. The van der Waals surface area contributed by atoms with E-state index < -0.39 is 40.3 Å². The number of hydrogen-bond acceptors (Lipinski definition) is 2. The second-order valence-corrected chi connectivity index (χ2v) is 4.72. The van der Waals surface area contributed by atoms with Crippen molar-refractivity contribution in [1.29, 1.82) is 0 Å². The first-order chi connectivity index (χ1) is 10.4. The van der Waals surface area contributed by atoms with Crippen LogP contribution < -0.4 is 0 Å². The fourth-order valence-electron chi connectivity index (χ4n) is 2.24. The minimum absolute atomic E-state index is 0.0869. The highest BCUT2D eigenvalue weighted by Crippen LogP contribution is 2.34. The number of aromatic hydroxyl groups is 2. The van der Waals surface area contributed by atoms with E-state index in [2.05, 4.69) is 0 Å². The van der Waals surface area contributed by atoms with Crippen LogP contribution in [0.2, 0.25) is 0 Å². The lowest BCUT2D eigenvalue weighted by molar-refractivity contribution is 0.377. The minimum atomic E-state index is -1.69. The van der Waals surface area contributed by atoms with Gasteiger partial charge in [0.15, 0.2) is 29.0 Å². The van der Waals surface area contributed by atoms with Crippen LogP contribution in [0.1, 0.15) is 0 Å². The van der Waals surface area contributed by atoms with Crippen molar-refractivity contribution in [3.8, 4) is 22.6 Å². The molecule has 0 spiro atoms. The molecule has 2 N–H and O–H groups in total. The molecule has 6 heteroatoms. The summed E-state index contributed by atoms with van der Waals surface area (Å²) in [6.07, 6.45) is 0. The molecule has 3 aromatic carbocycles. The van der Waals surface area contributed by atoms with Gasteiger partial charge in [-0.15, -0.1) is 0 Å². The van der Waals surface area contributed by atoms with Crippen molar-refractivity contribution in [2.45, 2.75) is 0 Å². The van der Waals surface area contributed by atoms with Gasteiger partial charge in [0, 0.05) is 10.9 Å². The fraction of sp³-hybridized carbons (Fsp3) is 0. The van der Waals surface area contributed by atoms with Gasteiger partial charge in [-0.1, -0.05) is 18.2 Å². The predicted molar refractivity (Wildman–Crippen MR) is 72.5 cm³/mol. The highest BCUT2D eigenvalue weighted by atomic mass is 19.2. The molecule has 0 saturated heterocycles. The van der Waals surface area contributed by atoms with E-state index in [0.29, 0.717) is 11.5 Å². The first kappa shape index (κ1) is 14.2. The molecule has 0 fully saturated rings. The Bertz CT molecular complexity index is 907. The molecular formula is C16H8F4O2. The molecule has 3 rings (SSSR count). The summed E-state index contributed by atoms with van der Waals surface area (Å²) in [5, 5.41) is 18.7. The van der Waals surface area contributed by atoms with Crippen LogP contribution in [0.25, 0.3) is 21.9 Å². The molecule has 112 valence electrons. The van der Waals surface area contributed by atoms with Gasteiger partial charge in [-0.3, -0.25) is 0 Å². The van der Waals surface area contributed by atoms with Gasteiger partial charge in [-0.2, -0.15) is 4.39 Å². The van der Waals surface area contributed by atoms with E-state index in [0.717, 1.165) is 6.07 Å². The van der Waals surface area contributed by atoms with Gasteiger partial charge in [0.25, 0.3) is 0 Å². The Balaban J connectivity index is 2.26. The van der Waals surface area contributed by atoms with Crippen LogP contribution in [0.5, 0.6) is 11.5 Å². The van der Waals surface area contributed by atoms with E-state index in [1.807, 2.05) is 0 Å². The third-order valence-corrected chi connectivity index (χ3v) is 3.38. The van der Waals surface area contributed by atoms with Gasteiger partial charge in [0.05, 0.1) is 0 Å². The number of rotatable bonds is 1. The van der Waals surface area contributed by atoms with E-state index >= 15 is 0 Å². The first-order valence-corrected chi connectivity index (χ1v) is 6.18. The van der Waals surface area contributed by atoms with Crippen LogP contribution >= 0.6 is 0 Å². The molecule has 0 bridgehead atoms. The van der Waals surface area contributed by atoms with Crippen molar-refractivity contribution in [3.05, 3.63) is 59.7 Å². The van der Waals surface area contributed by atoms with Crippen molar-refractivity contribution in [2.24, 2.45) is 0 Å². The maximum Gasteiger partial charge on any atom is 0.204 e. The zero-order valence-corrected chi connectivity index (χ0v) is 10.9. The van der Waals surface area contributed by atoms with E-state index in [9.17, 15) is 22.7 Å². The first-order valence-electron chi connectivity index (χ1n) is 6.18. The second kappa shape index (κ2) is 4.91. The van der Waals surface area contributed by atoms with Crippen LogP contribution in [0, 0.1) is 23.3 Å². The molecule has 0 heterocycles. The normalized spacial score (nSPS) is 11.1. The van der Waals surface area contributed by atoms with Gasteiger partial charge in [-0.05, 0) is 29.1 Å². The maximum absolute atomic E-state index is 13.9. The van der Waals surface area contributed by atoms with Gasteiger partial charge in [0.2, 0.25) is 5.82 Å². The molecule has 22 heavy (non-hydrogen) atoms. The summed E-state index contributed by atoms with van der Waals surface area (Å²) in [7, 11) is 0. The second-order valence-electron chi connectivity index (χ2n) is 4.72. The van der Waals surface area contributed by atoms with Gasteiger partial charge < -0.3 is 10.2 Å². The van der Waals surface area contributed by atoms with Crippen molar-refractivity contribution in [3.63, 3.8) is 0 Å². The van der Waals surface area contributed by atoms with E-state index in [1.54, 1.807) is 0 Å². The maximum atomic E-state index is 13.9. The summed E-state index contributed by atoms with van der Waals surface area (Å²) >= 11 is 0. The van der Waals surface area contributed by atoms with Crippen LogP contribution in [-0.4, -0.2) is 10.2 Å². The Hall–Kier alpha value is -2.76. The van der Waals surface area contributed by atoms with E-state index in [-0.39, 0.29) is 10.9 Å². The van der Waals surface area contributed by atoms with Gasteiger partial charge in [0.1, 0.15) is 0 Å². The lowest BCUT2D eigenvalue weighted by Gasteiger charge is -2.09. The molecule has 0 radical (unpaired) electrons. The predicted octanol–water partition coefficient (Wildman–Crippen LogP) is 4.47. The van der Waals surface area contributed by atoms with Gasteiger partial charge in [-0.25, -0.2) is 13.2 Å². The number of hydrogen-bond donors (Lipinski definition) is 2. The topological polar surface area (TPSA) is 40.5 Å². The Morgan fingerprint density at radius 3 is 2.18 bits per heavy atom. The van der Waals surface area contributed by atoms with E-state index in [1.165, 1.54) is 24.3 Å². The molecule has 0 saturated carbocycles. The molecule has 0 unspecified atom stereocenters. The standard InChI is InChI=1S/C16H8F4O2/c17-11-6-10(14(19)15(20)16(11)22)8-1-3-9-7(5-8)2-4-12(21)13(9)18/h1-6,21-22H. The summed E-state index contributed by atoms with van der Waals surface area (Å²) in [5.74, 6) is -7.16. The van der Waals surface area contributed by atoms with Crippen molar-refractivity contribution >= 4 is 10.8 Å². The molecular weight excluding hydrogens is 300 g/mol. The molecule has 3 aromatic rings. The number of phenols is 2. The summed E-state index contributed by atoms with van der Waals surface area (Å²) in [6.45, 7) is 0. The number of halogens is 4. The summed E-state index contributed by atoms with van der Waals surface area (Å²) in [6, 6.07) is 7.02. The molecule has 0 aliphatic rings. The lowest BCUT2D eigenvalue weighted by atomic mass is 10.00. The molecule has 0 aromatic heterocycles. The molecule has 0 amide bonds. The highest BCUT2D eigenvalue weighted by molar-refractivity contribution is 5.89. The van der Waals surface area contributed by atoms with Crippen LogP contribution in [0.3, 0.4) is 0 Å². The Kier molecular flexibility index (Phi) is 3.16. The average molecular weight is 308 g/mol. The summed E-state index contributed by atoms with van der Waals surface area (Å²) in [5.41, 5.74) is -0.295. The third-order valence-electron chi connectivity index (χ3n) is 3.38. The van der Waals surface area contributed by atoms with Crippen molar-refractivity contribution < 1.29 is 27.8 Å². The molecule has 0 aliphatic carbocycles. The smallest absolute Gasteiger partial charge is 0.204 e. The van der Waals surface area contributed by atoms with Crippen LogP contribution in [0.15, 0.2) is 36.4 Å². The zero-order valence-electron chi connectivity index (χ0n) is 10.9. The molecule has 2 nitrogen and oxygen atoms in total. The summed E-state index contributed by atoms with van der Waals surface area (Å²) < 4.78 is 54.4. The van der Waals surface area contributed by atoms with Gasteiger partial charge >= 0.3 is 0 Å². The third kappa shape index (κ3) is 2.04. The van der Waals surface area contributed by atoms with Crippen molar-refractivity contribution in [2.75, 3.05) is 0 Å². The quantitative estimate of drug-likeness (QED) is 0.514. The van der Waals surface area contributed by atoms with Crippen molar-refractivity contribution in [1.82, 2.24) is 0 Å². The number of fused-ring (bicyclic) bond motifs is 1. The van der Waals surface area contributed by atoms with E-state index in [4.69, 9.17) is 5.11 Å². The van der Waals surface area contributed by atoms with Crippen LogP contribution in [0.4, 0.5) is 17.6 Å². The van der Waals surface area contributed by atoms with Crippen LogP contribution in [-0.2, 0) is 0 Å². The minimum Gasteiger partial charge on any atom is -0.505 e. The largest absolute Gasteiger partial charge is 0.505 e. The fourth-order valence-corrected chi connectivity index (χ4v) is 2.24.